The first-order valence-corrected chi connectivity index (χ1v) is 7.44. The monoisotopic (exact) mass is 263 g/mol. The van der Waals surface area contributed by atoms with Crippen molar-refractivity contribution >= 4 is 21.4 Å². The Labute approximate surface area is 101 Å². The van der Waals surface area contributed by atoms with Crippen molar-refractivity contribution in [2.45, 2.75) is 24.0 Å². The molecular formula is C10H17NO3S2. The van der Waals surface area contributed by atoms with Gasteiger partial charge >= 0.3 is 0 Å². The van der Waals surface area contributed by atoms with E-state index in [1.807, 2.05) is 6.92 Å². The van der Waals surface area contributed by atoms with Gasteiger partial charge in [-0.05, 0) is 18.6 Å². The van der Waals surface area contributed by atoms with Crippen LogP contribution in [0.2, 0.25) is 0 Å². The van der Waals surface area contributed by atoms with E-state index in [-0.39, 0.29) is 6.61 Å². The van der Waals surface area contributed by atoms with E-state index in [4.69, 9.17) is 5.11 Å². The highest BCUT2D eigenvalue weighted by Crippen LogP contribution is 2.24. The molecular weight excluding hydrogens is 246 g/mol. The summed E-state index contributed by atoms with van der Waals surface area (Å²) in [6.45, 7) is 2.51. The Bertz CT molecular complexity index is 425. The van der Waals surface area contributed by atoms with Crippen LogP contribution in [0.25, 0.3) is 0 Å². The van der Waals surface area contributed by atoms with Gasteiger partial charge in [0.15, 0.2) is 0 Å². The van der Waals surface area contributed by atoms with Crippen LogP contribution in [0.3, 0.4) is 0 Å². The van der Waals surface area contributed by atoms with Gasteiger partial charge in [-0.15, -0.1) is 11.3 Å². The number of nitrogens with zero attached hydrogens (tertiary/aromatic N) is 1. The average Bonchev–Trinajstić information content (AvgIpc) is 2.68. The second-order valence-corrected chi connectivity index (χ2v) is 6.96. The second-order valence-electron chi connectivity index (χ2n) is 3.52. The van der Waals surface area contributed by atoms with Crippen molar-refractivity contribution in [3.63, 3.8) is 0 Å². The molecule has 1 aromatic heterocycles. The van der Waals surface area contributed by atoms with Gasteiger partial charge in [-0.3, -0.25) is 0 Å². The molecule has 6 heteroatoms. The number of hydrogen-bond acceptors (Lipinski definition) is 4. The standard InChI is InChI=1S/C10H17NO3S2/c1-3-7-11(2)16(13,14)10-5-4-9(15-10)6-8-12/h4-5,12H,3,6-8H2,1-2H3. The van der Waals surface area contributed by atoms with Crippen molar-refractivity contribution in [2.75, 3.05) is 20.2 Å². The van der Waals surface area contributed by atoms with E-state index in [1.54, 1.807) is 19.2 Å². The number of rotatable bonds is 6. The van der Waals surface area contributed by atoms with Crippen LogP contribution >= 0.6 is 11.3 Å². The number of hydrogen-bond donors (Lipinski definition) is 1. The van der Waals surface area contributed by atoms with Gasteiger partial charge in [0.1, 0.15) is 4.21 Å². The van der Waals surface area contributed by atoms with Gasteiger partial charge in [-0.2, -0.15) is 0 Å². The fourth-order valence-electron chi connectivity index (χ4n) is 1.33. The van der Waals surface area contributed by atoms with Crippen LogP contribution in [0.5, 0.6) is 0 Å². The zero-order valence-corrected chi connectivity index (χ0v) is 11.1. The van der Waals surface area contributed by atoms with Crippen LogP contribution in [-0.4, -0.2) is 38.0 Å². The Hall–Kier alpha value is -0.430. The average molecular weight is 263 g/mol. The lowest BCUT2D eigenvalue weighted by Gasteiger charge is -2.14. The summed E-state index contributed by atoms with van der Waals surface area (Å²) in [5.74, 6) is 0. The summed E-state index contributed by atoms with van der Waals surface area (Å²) < 4.78 is 25.7. The second kappa shape index (κ2) is 5.77. The van der Waals surface area contributed by atoms with Gasteiger partial charge < -0.3 is 5.11 Å². The number of aliphatic hydroxyl groups excluding tert-OH is 1. The van der Waals surface area contributed by atoms with Crippen LogP contribution < -0.4 is 0 Å². The van der Waals surface area contributed by atoms with E-state index in [2.05, 4.69) is 0 Å². The van der Waals surface area contributed by atoms with Gasteiger partial charge in [0.2, 0.25) is 0 Å². The molecule has 4 nitrogen and oxygen atoms in total. The lowest BCUT2D eigenvalue weighted by molar-refractivity contribution is 0.300. The van der Waals surface area contributed by atoms with E-state index in [0.29, 0.717) is 17.2 Å². The normalized spacial score (nSPS) is 12.2. The van der Waals surface area contributed by atoms with Crippen molar-refractivity contribution in [2.24, 2.45) is 0 Å². The minimum atomic E-state index is -3.33. The SMILES string of the molecule is CCCN(C)S(=O)(=O)c1ccc(CCO)s1. The van der Waals surface area contributed by atoms with Gasteiger partial charge in [0, 0.05) is 31.5 Å². The predicted octanol–water partition coefficient (Wildman–Crippen LogP) is 1.31. The largest absolute Gasteiger partial charge is 0.396 e. The first-order valence-electron chi connectivity index (χ1n) is 5.18. The van der Waals surface area contributed by atoms with E-state index in [9.17, 15) is 8.42 Å². The molecule has 0 radical (unpaired) electrons. The molecule has 1 N–H and O–H groups in total. The molecule has 0 aliphatic heterocycles. The Morgan fingerprint density at radius 3 is 2.69 bits per heavy atom. The van der Waals surface area contributed by atoms with Gasteiger partial charge in [0.25, 0.3) is 10.0 Å². The highest BCUT2D eigenvalue weighted by Gasteiger charge is 2.21. The van der Waals surface area contributed by atoms with Crippen LogP contribution in [0.15, 0.2) is 16.3 Å². The molecule has 0 aliphatic carbocycles. The van der Waals surface area contributed by atoms with E-state index < -0.39 is 10.0 Å². The fraction of sp³-hybridized carbons (Fsp3) is 0.600. The molecule has 0 amide bonds. The summed E-state index contributed by atoms with van der Waals surface area (Å²) in [6, 6.07) is 3.37. The third-order valence-corrected chi connectivity index (χ3v) is 5.67. The van der Waals surface area contributed by atoms with E-state index in [0.717, 1.165) is 11.3 Å². The molecule has 1 rings (SSSR count). The molecule has 0 bridgehead atoms. The quantitative estimate of drug-likeness (QED) is 0.842. The Balaban J connectivity index is 2.89. The van der Waals surface area contributed by atoms with Gasteiger partial charge in [-0.25, -0.2) is 12.7 Å². The lowest BCUT2D eigenvalue weighted by atomic mass is 10.4. The van der Waals surface area contributed by atoms with Gasteiger partial charge in [0.05, 0.1) is 0 Å². The molecule has 92 valence electrons. The van der Waals surface area contributed by atoms with Crippen molar-refractivity contribution in [1.82, 2.24) is 4.31 Å². The van der Waals surface area contributed by atoms with Gasteiger partial charge in [-0.1, -0.05) is 6.92 Å². The third kappa shape index (κ3) is 3.04. The van der Waals surface area contributed by atoms with Crippen LogP contribution in [0.4, 0.5) is 0 Å². The zero-order valence-electron chi connectivity index (χ0n) is 9.51. The number of sulfonamides is 1. The summed E-state index contributed by atoms with van der Waals surface area (Å²) in [5, 5.41) is 8.77. The number of aliphatic hydroxyl groups is 1. The summed E-state index contributed by atoms with van der Waals surface area (Å²) in [4.78, 5) is 0.894. The van der Waals surface area contributed by atoms with Crippen molar-refractivity contribution in [3.05, 3.63) is 17.0 Å². The maximum Gasteiger partial charge on any atom is 0.252 e. The maximum absolute atomic E-state index is 12.0. The number of thiophene rings is 1. The molecule has 0 saturated heterocycles. The van der Waals surface area contributed by atoms with Crippen molar-refractivity contribution in [1.29, 1.82) is 0 Å². The summed E-state index contributed by atoms with van der Waals surface area (Å²) in [5.41, 5.74) is 0. The topological polar surface area (TPSA) is 57.6 Å². The third-order valence-electron chi connectivity index (χ3n) is 2.20. The molecule has 1 aromatic rings. The van der Waals surface area contributed by atoms with E-state index in [1.165, 1.54) is 15.6 Å². The molecule has 0 atom stereocenters. The molecule has 0 unspecified atom stereocenters. The van der Waals surface area contributed by atoms with E-state index >= 15 is 0 Å². The van der Waals surface area contributed by atoms with Crippen molar-refractivity contribution < 1.29 is 13.5 Å². The highest BCUT2D eigenvalue weighted by atomic mass is 32.2. The molecule has 0 spiro atoms. The first kappa shape index (κ1) is 13.6. The zero-order chi connectivity index (χ0) is 12.2. The first-order chi connectivity index (χ1) is 7.52. The molecule has 0 fully saturated rings. The summed E-state index contributed by atoms with van der Waals surface area (Å²) >= 11 is 1.23. The highest BCUT2D eigenvalue weighted by molar-refractivity contribution is 7.91. The minimum absolute atomic E-state index is 0.0464. The lowest BCUT2D eigenvalue weighted by Crippen LogP contribution is -2.26. The Morgan fingerprint density at radius 2 is 2.12 bits per heavy atom. The molecule has 0 aromatic carbocycles. The fourth-order valence-corrected chi connectivity index (χ4v) is 4.15. The maximum atomic E-state index is 12.0. The van der Waals surface area contributed by atoms with Crippen LogP contribution in [0, 0.1) is 0 Å². The van der Waals surface area contributed by atoms with Crippen LogP contribution in [-0.2, 0) is 16.4 Å². The molecule has 1 heterocycles. The predicted molar refractivity (Wildman–Crippen MR) is 65.2 cm³/mol. The Morgan fingerprint density at radius 1 is 1.44 bits per heavy atom. The summed E-state index contributed by atoms with van der Waals surface area (Å²) in [7, 11) is -1.74. The smallest absolute Gasteiger partial charge is 0.252 e. The van der Waals surface area contributed by atoms with Crippen LogP contribution in [0.1, 0.15) is 18.2 Å². The minimum Gasteiger partial charge on any atom is -0.396 e. The molecule has 0 aliphatic rings. The van der Waals surface area contributed by atoms with Crippen molar-refractivity contribution in [3.8, 4) is 0 Å². The Kier molecular flexibility index (Phi) is 4.91. The summed E-state index contributed by atoms with van der Waals surface area (Å²) in [6.07, 6.45) is 1.31. The molecule has 16 heavy (non-hydrogen) atoms. The molecule has 0 saturated carbocycles.